The first-order chi connectivity index (χ1) is 7.43. The zero-order valence-corrected chi connectivity index (χ0v) is 10.3. The molecule has 0 aromatic carbocycles. The van der Waals surface area contributed by atoms with Crippen molar-refractivity contribution in [2.24, 2.45) is 0 Å². The Morgan fingerprint density at radius 2 is 2.06 bits per heavy atom. The molecule has 2 fully saturated rings. The molecule has 2 heterocycles. The van der Waals surface area contributed by atoms with Gasteiger partial charge in [-0.05, 0) is 46.1 Å². The van der Waals surface area contributed by atoms with Gasteiger partial charge in [0.15, 0.2) is 0 Å². The second-order valence-electron chi connectivity index (χ2n) is 5.69. The molecule has 0 radical (unpaired) electrons. The average Bonchev–Trinajstić information content (AvgIpc) is 2.64. The van der Waals surface area contributed by atoms with Crippen molar-refractivity contribution >= 4 is 5.91 Å². The highest BCUT2D eigenvalue weighted by Crippen LogP contribution is 2.26. The van der Waals surface area contributed by atoms with Crippen molar-refractivity contribution < 1.29 is 9.90 Å². The van der Waals surface area contributed by atoms with E-state index in [1.165, 1.54) is 0 Å². The van der Waals surface area contributed by atoms with E-state index in [0.717, 1.165) is 38.8 Å². The summed E-state index contributed by atoms with van der Waals surface area (Å²) in [5, 5.41) is 13.3. The zero-order chi connectivity index (χ0) is 11.8. The van der Waals surface area contributed by atoms with E-state index in [1.54, 1.807) is 0 Å². The number of aliphatic hydroxyl groups is 1. The highest BCUT2D eigenvalue weighted by molar-refractivity contribution is 5.86. The van der Waals surface area contributed by atoms with Crippen LogP contribution in [0.2, 0.25) is 0 Å². The Morgan fingerprint density at radius 1 is 1.31 bits per heavy atom. The molecule has 92 valence electrons. The van der Waals surface area contributed by atoms with E-state index in [-0.39, 0.29) is 5.91 Å². The lowest BCUT2D eigenvalue weighted by atomic mass is 9.92. The van der Waals surface area contributed by atoms with E-state index in [4.69, 9.17) is 0 Å². The second-order valence-corrected chi connectivity index (χ2v) is 5.69. The van der Waals surface area contributed by atoms with Crippen LogP contribution in [0.15, 0.2) is 0 Å². The minimum Gasteiger partial charge on any atom is -0.388 e. The van der Waals surface area contributed by atoms with Gasteiger partial charge in [-0.2, -0.15) is 0 Å². The number of nitrogens with zero attached hydrogens (tertiary/aromatic N) is 1. The maximum Gasteiger partial charge on any atom is 0.242 e. The molecule has 0 aromatic heterocycles. The topological polar surface area (TPSA) is 52.6 Å². The highest BCUT2D eigenvalue weighted by Gasteiger charge is 2.41. The Balaban J connectivity index is 2.04. The molecule has 0 aliphatic carbocycles. The van der Waals surface area contributed by atoms with E-state index in [1.807, 2.05) is 18.7 Å². The summed E-state index contributed by atoms with van der Waals surface area (Å²) in [7, 11) is 0. The van der Waals surface area contributed by atoms with Crippen LogP contribution in [0.4, 0.5) is 0 Å². The minimum atomic E-state index is -0.705. The molecule has 0 spiro atoms. The van der Waals surface area contributed by atoms with E-state index in [9.17, 15) is 9.90 Å². The monoisotopic (exact) mass is 226 g/mol. The maximum atomic E-state index is 12.4. The molecule has 2 aliphatic rings. The van der Waals surface area contributed by atoms with Gasteiger partial charge in [0.05, 0.1) is 11.1 Å². The van der Waals surface area contributed by atoms with Gasteiger partial charge in [-0.25, -0.2) is 0 Å². The summed E-state index contributed by atoms with van der Waals surface area (Å²) >= 11 is 0. The minimum absolute atomic E-state index is 0.157. The molecule has 0 aromatic rings. The number of rotatable bonds is 1. The Kier molecular flexibility index (Phi) is 2.97. The van der Waals surface area contributed by atoms with E-state index in [2.05, 4.69) is 5.32 Å². The van der Waals surface area contributed by atoms with Crippen LogP contribution in [0.1, 0.15) is 39.5 Å². The highest BCUT2D eigenvalue weighted by atomic mass is 16.3. The molecule has 16 heavy (non-hydrogen) atoms. The predicted octanol–water partition coefficient (Wildman–Crippen LogP) is 0.502. The quantitative estimate of drug-likeness (QED) is 0.684. The van der Waals surface area contributed by atoms with Gasteiger partial charge in [-0.3, -0.25) is 4.79 Å². The van der Waals surface area contributed by atoms with E-state index in [0.29, 0.717) is 6.54 Å². The number of piperidine rings is 1. The molecular weight excluding hydrogens is 204 g/mol. The Hall–Kier alpha value is -0.610. The van der Waals surface area contributed by atoms with Gasteiger partial charge >= 0.3 is 0 Å². The fraction of sp³-hybridized carbons (Fsp3) is 0.917. The third-order valence-corrected chi connectivity index (χ3v) is 3.80. The molecule has 1 amide bonds. The SMILES string of the molecule is CC1(O)CCCN(C(=O)C2(C)CCCN2)C1. The van der Waals surface area contributed by atoms with Gasteiger partial charge in [0.2, 0.25) is 5.91 Å². The van der Waals surface area contributed by atoms with Crippen molar-refractivity contribution in [3.8, 4) is 0 Å². The molecule has 2 N–H and O–H groups in total. The van der Waals surface area contributed by atoms with Gasteiger partial charge in [0.25, 0.3) is 0 Å². The van der Waals surface area contributed by atoms with Crippen molar-refractivity contribution in [3.63, 3.8) is 0 Å². The van der Waals surface area contributed by atoms with E-state index >= 15 is 0 Å². The lowest BCUT2D eigenvalue weighted by Crippen LogP contribution is -2.58. The van der Waals surface area contributed by atoms with Crippen LogP contribution in [0.5, 0.6) is 0 Å². The van der Waals surface area contributed by atoms with Crippen molar-refractivity contribution in [2.45, 2.75) is 50.7 Å². The number of carbonyl (C=O) groups excluding carboxylic acids is 1. The largest absolute Gasteiger partial charge is 0.388 e. The standard InChI is InChI=1S/C12H22N2O2/c1-11(16)5-4-8-14(9-11)10(15)12(2)6-3-7-13-12/h13,16H,3-9H2,1-2H3. The summed E-state index contributed by atoms with van der Waals surface area (Å²) in [5.41, 5.74) is -1.10. The van der Waals surface area contributed by atoms with Crippen LogP contribution in [-0.4, -0.2) is 46.7 Å². The smallest absolute Gasteiger partial charge is 0.242 e. The summed E-state index contributed by atoms with van der Waals surface area (Å²) in [6, 6.07) is 0. The van der Waals surface area contributed by atoms with Gasteiger partial charge < -0.3 is 15.3 Å². The normalized spacial score (nSPS) is 40.1. The Bertz CT molecular complexity index is 283. The lowest BCUT2D eigenvalue weighted by molar-refractivity contribution is -0.143. The van der Waals surface area contributed by atoms with Crippen LogP contribution in [0.25, 0.3) is 0 Å². The number of likely N-dealkylation sites (tertiary alicyclic amines) is 1. The molecule has 4 heteroatoms. The fourth-order valence-electron chi connectivity index (χ4n) is 2.82. The molecule has 2 saturated heterocycles. The molecular formula is C12H22N2O2. The molecule has 4 nitrogen and oxygen atoms in total. The van der Waals surface area contributed by atoms with Gasteiger partial charge in [-0.15, -0.1) is 0 Å². The maximum absolute atomic E-state index is 12.4. The number of nitrogens with one attached hydrogen (secondary N) is 1. The molecule has 2 aliphatic heterocycles. The van der Waals surface area contributed by atoms with Crippen molar-refractivity contribution in [1.29, 1.82) is 0 Å². The molecule has 0 saturated carbocycles. The lowest BCUT2D eigenvalue weighted by Gasteiger charge is -2.40. The summed E-state index contributed by atoms with van der Waals surface area (Å²) in [4.78, 5) is 14.2. The number of hydrogen-bond donors (Lipinski definition) is 2. The van der Waals surface area contributed by atoms with Gasteiger partial charge in [0, 0.05) is 13.1 Å². The Morgan fingerprint density at radius 3 is 2.62 bits per heavy atom. The van der Waals surface area contributed by atoms with Crippen molar-refractivity contribution in [3.05, 3.63) is 0 Å². The molecule has 2 atom stereocenters. The molecule has 0 bridgehead atoms. The first-order valence-corrected chi connectivity index (χ1v) is 6.20. The number of hydrogen-bond acceptors (Lipinski definition) is 3. The first-order valence-electron chi connectivity index (χ1n) is 6.20. The van der Waals surface area contributed by atoms with Gasteiger partial charge in [0.1, 0.15) is 0 Å². The third kappa shape index (κ3) is 2.23. The van der Waals surface area contributed by atoms with Crippen LogP contribution in [-0.2, 0) is 4.79 Å². The van der Waals surface area contributed by atoms with Crippen molar-refractivity contribution in [1.82, 2.24) is 10.2 Å². The van der Waals surface area contributed by atoms with Crippen LogP contribution < -0.4 is 5.32 Å². The van der Waals surface area contributed by atoms with Crippen LogP contribution >= 0.6 is 0 Å². The first kappa shape index (κ1) is 11.9. The van der Waals surface area contributed by atoms with Gasteiger partial charge in [-0.1, -0.05) is 0 Å². The van der Waals surface area contributed by atoms with Crippen LogP contribution in [0, 0.1) is 0 Å². The summed E-state index contributed by atoms with van der Waals surface area (Å²) in [6.45, 7) is 5.98. The number of amides is 1. The predicted molar refractivity (Wildman–Crippen MR) is 62.1 cm³/mol. The number of carbonyl (C=O) groups is 1. The second kappa shape index (κ2) is 4.00. The van der Waals surface area contributed by atoms with E-state index < -0.39 is 11.1 Å². The average molecular weight is 226 g/mol. The number of β-amino-alcohol motifs (C(OH)–C–C–N with tert-alkyl or cyclic N) is 1. The summed E-state index contributed by atoms with van der Waals surface area (Å²) in [5.74, 6) is 0.157. The van der Waals surface area contributed by atoms with Crippen molar-refractivity contribution in [2.75, 3.05) is 19.6 Å². The fourth-order valence-corrected chi connectivity index (χ4v) is 2.82. The Labute approximate surface area is 97.0 Å². The molecule has 2 unspecified atom stereocenters. The van der Waals surface area contributed by atoms with Crippen LogP contribution in [0.3, 0.4) is 0 Å². The summed E-state index contributed by atoms with van der Waals surface area (Å²) in [6.07, 6.45) is 3.66. The third-order valence-electron chi connectivity index (χ3n) is 3.80. The molecule has 2 rings (SSSR count). The zero-order valence-electron chi connectivity index (χ0n) is 10.3. The summed E-state index contributed by atoms with van der Waals surface area (Å²) < 4.78 is 0.